The van der Waals surface area contributed by atoms with Crippen LogP contribution in [0.15, 0.2) is 109 Å². The molecular formula is C30H21N3. The molecule has 0 aliphatic rings. The van der Waals surface area contributed by atoms with Crippen LogP contribution >= 0.6 is 0 Å². The molecule has 0 amide bonds. The Morgan fingerprint density at radius 3 is 1.33 bits per heavy atom. The molecule has 3 nitrogen and oxygen atoms in total. The van der Waals surface area contributed by atoms with Gasteiger partial charge in [0, 0.05) is 21.5 Å². The maximum absolute atomic E-state index is 5.03. The van der Waals surface area contributed by atoms with Crippen LogP contribution in [0.5, 0.6) is 0 Å². The number of pyridine rings is 1. The normalized spacial score (nSPS) is 11.8. The topological polar surface area (TPSA) is 22.8 Å². The van der Waals surface area contributed by atoms with Gasteiger partial charge >= 0.3 is 0 Å². The number of rotatable bonds is 2. The van der Waals surface area contributed by atoms with Crippen molar-refractivity contribution in [1.29, 1.82) is 0 Å². The van der Waals surface area contributed by atoms with Crippen LogP contribution in [0.2, 0.25) is 0 Å². The highest BCUT2D eigenvalue weighted by Crippen LogP contribution is 2.34. The average molecular weight is 424 g/mol. The van der Waals surface area contributed by atoms with Crippen molar-refractivity contribution < 1.29 is 0 Å². The van der Waals surface area contributed by atoms with Gasteiger partial charge in [0.2, 0.25) is 0 Å². The second-order valence-corrected chi connectivity index (χ2v) is 8.57. The summed E-state index contributed by atoms with van der Waals surface area (Å²) >= 11 is 0. The first-order valence-corrected chi connectivity index (χ1v) is 11.2. The van der Waals surface area contributed by atoms with Crippen molar-refractivity contribution in [1.82, 2.24) is 14.1 Å². The predicted octanol–water partition coefficient (Wildman–Crippen LogP) is 7.58. The Morgan fingerprint density at radius 2 is 0.909 bits per heavy atom. The Hall–Kier alpha value is -4.37. The number of para-hydroxylation sites is 4. The lowest BCUT2D eigenvalue weighted by molar-refractivity contribution is 1.03. The zero-order valence-corrected chi connectivity index (χ0v) is 18.2. The molecule has 0 atom stereocenters. The van der Waals surface area contributed by atoms with Crippen LogP contribution in [-0.4, -0.2) is 14.1 Å². The highest BCUT2D eigenvalue weighted by atomic mass is 15.1. The molecule has 3 heterocycles. The van der Waals surface area contributed by atoms with E-state index < -0.39 is 0 Å². The Balaban J connectivity index is 1.50. The number of aromatic nitrogens is 3. The van der Waals surface area contributed by atoms with Crippen molar-refractivity contribution in [3.63, 3.8) is 0 Å². The van der Waals surface area contributed by atoms with E-state index >= 15 is 0 Å². The summed E-state index contributed by atoms with van der Waals surface area (Å²) in [5, 5.41) is 5.02. The smallest absolute Gasteiger partial charge is 0.140 e. The van der Waals surface area contributed by atoms with Gasteiger partial charge < -0.3 is 4.57 Å². The molecular weight excluding hydrogens is 402 g/mol. The van der Waals surface area contributed by atoms with Crippen LogP contribution in [0.3, 0.4) is 0 Å². The quantitative estimate of drug-likeness (QED) is 0.281. The van der Waals surface area contributed by atoms with Crippen molar-refractivity contribution >= 4 is 43.6 Å². The van der Waals surface area contributed by atoms with Crippen molar-refractivity contribution in [3.8, 4) is 11.5 Å². The summed E-state index contributed by atoms with van der Waals surface area (Å²) < 4.78 is 4.61. The molecule has 3 aromatic heterocycles. The Labute approximate surface area is 191 Å². The fourth-order valence-corrected chi connectivity index (χ4v) is 5.26. The lowest BCUT2D eigenvalue weighted by Gasteiger charge is -2.13. The molecule has 33 heavy (non-hydrogen) atoms. The third kappa shape index (κ3) is 2.53. The van der Waals surface area contributed by atoms with E-state index in [9.17, 15) is 0 Å². The zero-order valence-electron chi connectivity index (χ0n) is 18.2. The second kappa shape index (κ2) is 6.81. The molecule has 7 aromatic rings. The van der Waals surface area contributed by atoms with Gasteiger partial charge in [-0.1, -0.05) is 72.8 Å². The molecule has 0 aliphatic heterocycles. The van der Waals surface area contributed by atoms with Gasteiger partial charge in [-0.3, -0.25) is 4.57 Å². The zero-order chi connectivity index (χ0) is 21.9. The molecule has 0 N–H and O–H groups in total. The third-order valence-corrected chi connectivity index (χ3v) is 6.67. The predicted molar refractivity (Wildman–Crippen MR) is 138 cm³/mol. The van der Waals surface area contributed by atoms with E-state index in [1.54, 1.807) is 0 Å². The minimum atomic E-state index is 0.969. The van der Waals surface area contributed by atoms with Gasteiger partial charge in [0.05, 0.1) is 34.0 Å². The maximum atomic E-state index is 5.03. The van der Waals surface area contributed by atoms with Crippen LogP contribution in [0.4, 0.5) is 0 Å². The molecule has 0 fully saturated rings. The monoisotopic (exact) mass is 423 g/mol. The number of aryl methyl sites for hydroxylation is 1. The number of hydrogen-bond donors (Lipinski definition) is 0. The first kappa shape index (κ1) is 18.2. The fourth-order valence-electron chi connectivity index (χ4n) is 5.26. The van der Waals surface area contributed by atoms with Gasteiger partial charge in [-0.15, -0.1) is 0 Å². The summed E-state index contributed by atoms with van der Waals surface area (Å²) in [6, 6.07) is 36.6. The number of benzene rings is 4. The maximum Gasteiger partial charge on any atom is 0.140 e. The molecule has 0 radical (unpaired) electrons. The van der Waals surface area contributed by atoms with E-state index in [2.05, 4.69) is 119 Å². The van der Waals surface area contributed by atoms with E-state index in [1.165, 1.54) is 43.6 Å². The summed E-state index contributed by atoms with van der Waals surface area (Å²) in [5.74, 6) is 0.969. The highest BCUT2D eigenvalue weighted by molar-refractivity contribution is 6.10. The van der Waals surface area contributed by atoms with E-state index in [1.807, 2.05) is 6.20 Å². The molecule has 0 saturated heterocycles. The van der Waals surface area contributed by atoms with Crippen LogP contribution < -0.4 is 0 Å². The summed E-state index contributed by atoms with van der Waals surface area (Å²) in [6.07, 6.45) is 2.00. The lowest BCUT2D eigenvalue weighted by atomic mass is 10.2. The standard InChI is InChI=1S/C30H21N3/c1-20-18-21(32-26-14-6-2-10-22(26)23-11-3-7-15-27(23)32)19-31-30(20)33-28-16-8-4-12-24(28)25-13-5-9-17-29(25)33/h2-19H,1H3. The van der Waals surface area contributed by atoms with Gasteiger partial charge in [-0.05, 0) is 42.8 Å². The van der Waals surface area contributed by atoms with Crippen LogP contribution in [0, 0.1) is 6.92 Å². The van der Waals surface area contributed by atoms with E-state index in [-0.39, 0.29) is 0 Å². The van der Waals surface area contributed by atoms with Crippen molar-refractivity contribution in [2.45, 2.75) is 6.92 Å². The Morgan fingerprint density at radius 1 is 0.515 bits per heavy atom. The van der Waals surface area contributed by atoms with E-state index in [0.717, 1.165) is 17.1 Å². The minimum Gasteiger partial charge on any atom is -0.308 e. The fraction of sp³-hybridized carbons (Fsp3) is 0.0333. The van der Waals surface area contributed by atoms with Crippen LogP contribution in [0.25, 0.3) is 55.1 Å². The van der Waals surface area contributed by atoms with Gasteiger partial charge in [0.25, 0.3) is 0 Å². The lowest BCUT2D eigenvalue weighted by Crippen LogP contribution is -2.03. The average Bonchev–Trinajstić information content (AvgIpc) is 3.37. The van der Waals surface area contributed by atoms with Crippen LogP contribution in [0.1, 0.15) is 5.56 Å². The van der Waals surface area contributed by atoms with Gasteiger partial charge in [0.1, 0.15) is 5.82 Å². The molecule has 3 heteroatoms. The molecule has 0 spiro atoms. The van der Waals surface area contributed by atoms with E-state index in [0.29, 0.717) is 0 Å². The van der Waals surface area contributed by atoms with Crippen molar-refractivity contribution in [2.75, 3.05) is 0 Å². The minimum absolute atomic E-state index is 0.969. The van der Waals surface area contributed by atoms with Crippen molar-refractivity contribution in [3.05, 3.63) is 115 Å². The van der Waals surface area contributed by atoms with Gasteiger partial charge in [-0.2, -0.15) is 0 Å². The molecule has 0 aliphatic carbocycles. The first-order valence-electron chi connectivity index (χ1n) is 11.2. The number of nitrogens with zero attached hydrogens (tertiary/aromatic N) is 3. The molecule has 156 valence electrons. The van der Waals surface area contributed by atoms with Crippen LogP contribution in [-0.2, 0) is 0 Å². The number of hydrogen-bond acceptors (Lipinski definition) is 1. The summed E-state index contributed by atoms with van der Waals surface area (Å²) in [4.78, 5) is 5.03. The van der Waals surface area contributed by atoms with Crippen molar-refractivity contribution in [2.24, 2.45) is 0 Å². The summed E-state index contributed by atoms with van der Waals surface area (Å²) in [6.45, 7) is 2.16. The first-order chi connectivity index (χ1) is 16.3. The SMILES string of the molecule is Cc1cc(-n2c3ccccc3c3ccccc32)cnc1-n1c2ccccc2c2ccccc21. The highest BCUT2D eigenvalue weighted by Gasteiger charge is 2.16. The molecule has 4 aromatic carbocycles. The summed E-state index contributed by atoms with van der Waals surface area (Å²) in [7, 11) is 0. The largest absolute Gasteiger partial charge is 0.308 e. The molecule has 7 rings (SSSR count). The Kier molecular flexibility index (Phi) is 3.76. The van der Waals surface area contributed by atoms with Gasteiger partial charge in [-0.25, -0.2) is 4.98 Å². The Bertz CT molecular complexity index is 1730. The number of fused-ring (bicyclic) bond motifs is 6. The molecule has 0 unspecified atom stereocenters. The van der Waals surface area contributed by atoms with Gasteiger partial charge in [0.15, 0.2) is 0 Å². The second-order valence-electron chi connectivity index (χ2n) is 8.57. The van der Waals surface area contributed by atoms with E-state index in [4.69, 9.17) is 4.98 Å². The molecule has 0 bridgehead atoms. The molecule has 0 saturated carbocycles. The third-order valence-electron chi connectivity index (χ3n) is 6.67. The summed E-state index contributed by atoms with van der Waals surface area (Å²) in [5.41, 5.74) is 6.97.